The molecule has 5 aromatic rings. The van der Waals surface area contributed by atoms with Gasteiger partial charge in [-0.3, -0.25) is 82.6 Å². The minimum absolute atomic E-state index is 0.00316. The minimum atomic E-state index is -1.24. The van der Waals surface area contributed by atoms with Crippen LogP contribution in [0.15, 0.2) is 143 Å². The molecule has 12 rings (SSSR count). The first-order valence-corrected chi connectivity index (χ1v) is 45.4. The molecule has 0 spiro atoms. The first kappa shape index (κ1) is 97.5. The van der Waals surface area contributed by atoms with Gasteiger partial charge in [-0.2, -0.15) is 0 Å². The molecule has 29 heteroatoms. The lowest BCUT2D eigenvalue weighted by molar-refractivity contribution is -0.141. The number of hydrogen-bond donors (Lipinski definition) is 8. The Morgan fingerprint density at radius 2 is 0.772 bits per heavy atom. The Labute approximate surface area is 742 Å². The normalized spacial score (nSPS) is 19.2. The number of rotatable bonds is 37. The highest BCUT2D eigenvalue weighted by Crippen LogP contribution is 2.38. The fourth-order valence-electron chi connectivity index (χ4n) is 17.3. The molecule has 0 aliphatic heterocycles. The Morgan fingerprint density at radius 3 is 1.14 bits per heavy atom. The van der Waals surface area contributed by atoms with Gasteiger partial charge >= 0.3 is 12.2 Å². The van der Waals surface area contributed by atoms with Crippen LogP contribution in [0.1, 0.15) is 263 Å². The average Bonchev–Trinajstić information content (AvgIpc) is 1.71. The van der Waals surface area contributed by atoms with E-state index in [9.17, 15) is 81.5 Å². The Morgan fingerprint density at radius 1 is 0.402 bits per heavy atom. The molecule has 2 aromatic heterocycles. The van der Waals surface area contributed by atoms with Crippen LogP contribution in [-0.4, -0.2) is 133 Å². The van der Waals surface area contributed by atoms with Crippen LogP contribution >= 0.6 is 0 Å². The summed E-state index contributed by atoms with van der Waals surface area (Å²) < 4.78 is 13.1. The summed E-state index contributed by atoms with van der Waals surface area (Å²) in [7, 11) is 0. The van der Waals surface area contributed by atoms with Crippen molar-refractivity contribution in [3.63, 3.8) is 0 Å². The number of nitrogens with one attached hydrogen (secondary N) is 8. The van der Waals surface area contributed by atoms with Crippen LogP contribution < -0.4 is 53.7 Å². The van der Waals surface area contributed by atoms with Gasteiger partial charge in [0.05, 0.1) is 18.1 Å². The molecular weight excluding hydrogens is 1620 g/mol. The molecule has 29 nitrogen and oxygen atoms in total. The molecule has 0 saturated heterocycles. The molecule has 7 aliphatic rings. The Balaban J connectivity index is 0.000000199. The summed E-state index contributed by atoms with van der Waals surface area (Å²) in [5.41, 5.74) is -0.289. The van der Waals surface area contributed by atoms with Crippen molar-refractivity contribution in [2.24, 2.45) is 41.4 Å². The Bertz CT molecular complexity index is 4860. The number of carbonyl (C=O) groups is 15. The number of nitrogens with zero attached hydrogens (tertiary/aromatic N) is 2. The molecule has 7 aliphatic carbocycles. The lowest BCUT2D eigenvalue weighted by Gasteiger charge is -2.29. The standard InChI is InChI=1S/C35H42N2O5.C32H40N4O7.C31H44N4O7/c38-30(20-19-25-11-4-1-5-12-25)22-29(21-26-13-6-2-7-14-26)34(41)37-31(23-28-17-10-18-32(28)39)33(40)35(42)36-24-27-15-8-3-9-16-27;1-32(2,3)43-31(42)35-23-12-8-16-36(30(23)41)25(17-20-14-15-20)28(39)34-24(18-22-11-7-13-26(22)37)27(38)29(40)33-19-21-9-5-4-6-10-21;1-31(2,3)42-30(41)34-22-12-8-16-35(29(22)40)24(17-19-9-5-4-6-10-19)27(38)33-23(18-20-11-7-13-25(20)36)26(37)28(39)32-21-14-15-21/h1,3-5,8-9,11-12,15-16,19-20,26,28-29,31H,2,6-7,10,13-14,17-18,21-24H2,(H,36,42)(H,37,41);4-6,8-10,12,16,20,22,24-25H,7,11,13-15,17-19H2,1-3H3,(H,33,40)(H,34,39)(H,35,42);8,12,16,19-21,23-24H,4-7,9-11,13-15,17-18H2,1-3H3,(H,32,39)(H,33,38)(H,34,41)/b20-19+;;/t28-,29?,31-;22-,24-,25-;20-,23-,24?/m000/s1. The number of benzene rings is 3. The van der Waals surface area contributed by atoms with Gasteiger partial charge in [0.25, 0.3) is 28.8 Å². The van der Waals surface area contributed by atoms with Crippen LogP contribution in [0.3, 0.4) is 0 Å². The first-order valence-electron chi connectivity index (χ1n) is 45.4. The van der Waals surface area contributed by atoms with E-state index in [1.807, 2.05) is 91.0 Å². The molecule has 2 heterocycles. The van der Waals surface area contributed by atoms with E-state index in [1.54, 1.807) is 53.7 Å². The number of Topliss-reactive ketones (excluding diaryl/α,β-unsaturated/α-hetero) is 6. The summed E-state index contributed by atoms with van der Waals surface area (Å²) in [5.74, 6) is -7.56. The van der Waals surface area contributed by atoms with Gasteiger partial charge in [0.2, 0.25) is 35.1 Å². The topological polar surface area (TPSA) is 415 Å². The molecule has 682 valence electrons. The highest BCUT2D eigenvalue weighted by atomic mass is 16.6. The van der Waals surface area contributed by atoms with Crippen molar-refractivity contribution in [1.82, 2.24) is 41.0 Å². The van der Waals surface area contributed by atoms with Crippen LogP contribution in [0.2, 0.25) is 0 Å². The van der Waals surface area contributed by atoms with Gasteiger partial charge in [-0.05, 0) is 196 Å². The van der Waals surface area contributed by atoms with E-state index >= 15 is 0 Å². The van der Waals surface area contributed by atoms with Crippen LogP contribution in [0.5, 0.6) is 0 Å². The third kappa shape index (κ3) is 31.7. The second-order valence-corrected chi connectivity index (χ2v) is 37.1. The molecule has 7 saturated carbocycles. The van der Waals surface area contributed by atoms with E-state index < -0.39 is 135 Å². The number of anilines is 2. The van der Waals surface area contributed by atoms with E-state index in [0.29, 0.717) is 76.5 Å². The third-order valence-corrected chi connectivity index (χ3v) is 24.4. The van der Waals surface area contributed by atoms with Gasteiger partial charge in [0.1, 0.15) is 52.0 Å². The Hall–Kier alpha value is -11.7. The van der Waals surface area contributed by atoms with Gasteiger partial charge in [-0.25, -0.2) is 9.59 Å². The number of hydrogen-bond acceptors (Lipinski definition) is 19. The average molecular weight is 1750 g/mol. The van der Waals surface area contributed by atoms with Gasteiger partial charge < -0.3 is 50.5 Å². The second kappa shape index (κ2) is 47.2. The summed E-state index contributed by atoms with van der Waals surface area (Å²) >= 11 is 0. The maximum atomic E-state index is 14.0. The third-order valence-electron chi connectivity index (χ3n) is 24.4. The fourth-order valence-corrected chi connectivity index (χ4v) is 17.3. The molecule has 9 atom stereocenters. The first-order chi connectivity index (χ1) is 60.7. The molecule has 7 fully saturated rings. The lowest BCUT2D eigenvalue weighted by Crippen LogP contribution is -2.51. The van der Waals surface area contributed by atoms with Gasteiger partial charge in [-0.15, -0.1) is 0 Å². The van der Waals surface area contributed by atoms with Crippen molar-refractivity contribution >= 4 is 106 Å². The lowest BCUT2D eigenvalue weighted by atomic mass is 9.80. The summed E-state index contributed by atoms with van der Waals surface area (Å²) in [6, 6.07) is 28.3. The second-order valence-electron chi connectivity index (χ2n) is 37.1. The predicted octanol–water partition coefficient (Wildman–Crippen LogP) is 12.8. The monoisotopic (exact) mass is 1750 g/mol. The molecule has 8 N–H and O–H groups in total. The number of pyridine rings is 2. The van der Waals surface area contributed by atoms with Crippen LogP contribution in [0.4, 0.5) is 21.0 Å². The van der Waals surface area contributed by atoms with Crippen molar-refractivity contribution in [3.8, 4) is 0 Å². The van der Waals surface area contributed by atoms with Crippen molar-refractivity contribution < 1.29 is 81.4 Å². The zero-order valence-corrected chi connectivity index (χ0v) is 74.1. The summed E-state index contributed by atoms with van der Waals surface area (Å²) in [5, 5.41) is 21.2. The number of ketones is 7. The highest BCUT2D eigenvalue weighted by molar-refractivity contribution is 6.39. The largest absolute Gasteiger partial charge is 0.444 e. The summed E-state index contributed by atoms with van der Waals surface area (Å²) in [4.78, 5) is 222. The van der Waals surface area contributed by atoms with E-state index in [4.69, 9.17) is 9.47 Å². The zero-order chi connectivity index (χ0) is 91.3. The number of carbonyl (C=O) groups excluding carboxylic acids is 15. The molecule has 8 amide bonds. The maximum Gasteiger partial charge on any atom is 0.412 e. The summed E-state index contributed by atoms with van der Waals surface area (Å²) in [6.07, 6.45) is 25.1. The molecule has 3 aromatic carbocycles. The quantitative estimate of drug-likeness (QED) is 0.0135. The number of aromatic nitrogens is 2. The van der Waals surface area contributed by atoms with Crippen LogP contribution in [0.25, 0.3) is 6.08 Å². The van der Waals surface area contributed by atoms with E-state index in [1.165, 1.54) is 52.2 Å². The number of ether oxygens (including phenoxy) is 2. The Kier molecular flexibility index (Phi) is 36.3. The smallest absolute Gasteiger partial charge is 0.412 e. The van der Waals surface area contributed by atoms with Gasteiger partial charge in [0, 0.05) is 80.9 Å². The van der Waals surface area contributed by atoms with Gasteiger partial charge in [0.15, 0.2) is 5.78 Å². The molecule has 2 unspecified atom stereocenters. The van der Waals surface area contributed by atoms with Crippen molar-refractivity contribution in [2.75, 3.05) is 10.6 Å². The molecular formula is C98H126N10O19. The SMILES string of the molecule is CC(C)(C)OC(=O)Nc1cccn(C(CC2CCCCC2)C(=O)N[C@@H](C[C@@H]2CCCC2=O)C(=O)C(=O)NC2CC2)c1=O.CC(C)(C)OC(=O)Nc1cccn([C@@H](CC2CC2)C(=O)N[C@@H](C[C@@H]2CCCC2=O)C(=O)C(=O)NCc2ccccc2)c1=O.O=C(/C=C/c1ccccc1)CC(CC1CCCCC1)C(=O)N[C@@H](C[C@@H]1CCCC1=O)C(=O)C(=O)NCc1ccccc1. The maximum absolute atomic E-state index is 14.0. The fraction of sp³-hybridized carbons (Fsp3) is 0.541. The molecule has 0 radical (unpaired) electrons. The van der Waals surface area contributed by atoms with Crippen molar-refractivity contribution in [3.05, 3.63) is 171 Å². The number of allylic oxidation sites excluding steroid dienone is 1. The predicted molar refractivity (Wildman–Crippen MR) is 477 cm³/mol. The van der Waals surface area contributed by atoms with Crippen molar-refractivity contribution in [2.45, 2.75) is 295 Å². The van der Waals surface area contributed by atoms with E-state index in [0.717, 1.165) is 107 Å². The molecule has 127 heavy (non-hydrogen) atoms. The van der Waals surface area contributed by atoms with Gasteiger partial charge in [-0.1, -0.05) is 174 Å². The van der Waals surface area contributed by atoms with E-state index in [2.05, 4.69) is 42.5 Å². The van der Waals surface area contributed by atoms with Crippen molar-refractivity contribution in [1.29, 1.82) is 0 Å². The zero-order valence-electron chi connectivity index (χ0n) is 74.1. The van der Waals surface area contributed by atoms with Crippen LogP contribution in [-0.2, 0) is 84.9 Å². The summed E-state index contributed by atoms with van der Waals surface area (Å²) in [6.45, 7) is 10.5. The van der Waals surface area contributed by atoms with Crippen LogP contribution in [0, 0.1) is 41.4 Å². The minimum Gasteiger partial charge on any atom is -0.444 e. The number of amides is 8. The molecule has 0 bridgehead atoms. The highest BCUT2D eigenvalue weighted by Gasteiger charge is 2.42. The van der Waals surface area contributed by atoms with E-state index in [-0.39, 0.29) is 97.1 Å².